The number of benzene rings is 1. The first-order valence-electron chi connectivity index (χ1n) is 7.57. The third-order valence-electron chi connectivity index (χ3n) is 3.66. The van der Waals surface area contributed by atoms with Gasteiger partial charge in [-0.15, -0.1) is 13.2 Å². The summed E-state index contributed by atoms with van der Waals surface area (Å²) in [6.45, 7) is 4.41. The number of nitrogens with zero attached hydrogens (tertiary/aromatic N) is 3. The van der Waals surface area contributed by atoms with Crippen LogP contribution in [0.2, 0.25) is 0 Å². The van der Waals surface area contributed by atoms with E-state index in [9.17, 15) is 13.2 Å². The van der Waals surface area contributed by atoms with E-state index in [1.165, 1.54) is 24.3 Å². The molecule has 0 saturated heterocycles. The number of hydrogen-bond donors (Lipinski definition) is 2. The second-order valence-electron chi connectivity index (χ2n) is 5.49. The highest BCUT2D eigenvalue weighted by Gasteiger charge is 2.30. The lowest BCUT2D eigenvalue weighted by Gasteiger charge is -2.10. The molecule has 1 aromatic carbocycles. The molecule has 2 rings (SSSR count). The molecule has 3 N–H and O–H groups in total. The van der Waals surface area contributed by atoms with Crippen LogP contribution >= 0.6 is 0 Å². The van der Waals surface area contributed by atoms with Gasteiger partial charge >= 0.3 is 6.36 Å². The van der Waals surface area contributed by atoms with Crippen LogP contribution in [-0.2, 0) is 13.5 Å². The quantitative estimate of drug-likeness (QED) is 0.639. The Morgan fingerprint density at radius 3 is 2.44 bits per heavy atom. The molecular weight excluding hydrogens is 335 g/mol. The summed E-state index contributed by atoms with van der Waals surface area (Å²) >= 11 is 0. The summed E-state index contributed by atoms with van der Waals surface area (Å²) in [5.74, 6) is -0.111. The Bertz CT molecular complexity index is 750. The first-order valence-corrected chi connectivity index (χ1v) is 7.57. The van der Waals surface area contributed by atoms with Crippen molar-refractivity contribution in [3.05, 3.63) is 41.2 Å². The number of aryl methyl sites for hydroxylation is 2. The fraction of sp³-hybridized carbons (Fsp3) is 0.375. The Morgan fingerprint density at radius 1 is 1.28 bits per heavy atom. The van der Waals surface area contributed by atoms with Crippen molar-refractivity contribution in [2.75, 3.05) is 11.9 Å². The molecule has 0 aliphatic rings. The van der Waals surface area contributed by atoms with Crippen LogP contribution in [0.5, 0.6) is 5.75 Å². The van der Waals surface area contributed by atoms with Crippen LogP contribution in [0.1, 0.15) is 17.0 Å². The van der Waals surface area contributed by atoms with Crippen LogP contribution in [0.25, 0.3) is 0 Å². The molecule has 1 aromatic heterocycles. The van der Waals surface area contributed by atoms with Gasteiger partial charge in [0.2, 0.25) is 0 Å². The maximum atomic E-state index is 12.1. The molecule has 0 fully saturated rings. The molecule has 136 valence electrons. The molecule has 0 aliphatic heterocycles. The first-order chi connectivity index (χ1) is 11.7. The zero-order chi connectivity index (χ0) is 18.6. The molecular formula is C16H20F3N5O. The molecule has 0 spiro atoms. The van der Waals surface area contributed by atoms with E-state index in [-0.39, 0.29) is 11.7 Å². The molecule has 0 radical (unpaired) electrons. The summed E-state index contributed by atoms with van der Waals surface area (Å²) in [6, 6.07) is 5.26. The number of alkyl halides is 3. The number of hydrogen-bond acceptors (Lipinski definition) is 3. The van der Waals surface area contributed by atoms with Crippen molar-refractivity contribution in [3.8, 4) is 5.75 Å². The van der Waals surface area contributed by atoms with Crippen molar-refractivity contribution in [1.82, 2.24) is 9.78 Å². The molecule has 0 atom stereocenters. The second kappa shape index (κ2) is 7.45. The van der Waals surface area contributed by atoms with Crippen LogP contribution in [-0.4, -0.2) is 28.6 Å². The van der Waals surface area contributed by atoms with Crippen LogP contribution in [0.15, 0.2) is 29.3 Å². The van der Waals surface area contributed by atoms with Crippen molar-refractivity contribution in [1.29, 1.82) is 0 Å². The van der Waals surface area contributed by atoms with Gasteiger partial charge in [-0.05, 0) is 50.1 Å². The summed E-state index contributed by atoms with van der Waals surface area (Å²) in [5, 5.41) is 7.16. The summed E-state index contributed by atoms with van der Waals surface area (Å²) in [4.78, 5) is 4.22. The Kier molecular flexibility index (Phi) is 5.55. The Balaban J connectivity index is 1.90. The number of aliphatic imine (C=N–C) groups is 1. The lowest BCUT2D eigenvalue weighted by Crippen LogP contribution is -2.23. The van der Waals surface area contributed by atoms with E-state index in [1.54, 1.807) is 0 Å². The zero-order valence-corrected chi connectivity index (χ0v) is 14.2. The fourth-order valence-electron chi connectivity index (χ4n) is 2.39. The van der Waals surface area contributed by atoms with E-state index in [4.69, 9.17) is 5.73 Å². The van der Waals surface area contributed by atoms with Gasteiger partial charge < -0.3 is 15.8 Å². The monoisotopic (exact) mass is 355 g/mol. The molecule has 9 heteroatoms. The minimum Gasteiger partial charge on any atom is -0.406 e. The highest BCUT2D eigenvalue weighted by molar-refractivity contribution is 5.92. The van der Waals surface area contributed by atoms with Gasteiger partial charge in [-0.2, -0.15) is 5.10 Å². The molecule has 6 nitrogen and oxygen atoms in total. The number of ether oxygens (including phenoxy) is 1. The molecule has 0 saturated carbocycles. The Labute approximate surface area is 143 Å². The number of anilines is 1. The fourth-order valence-corrected chi connectivity index (χ4v) is 2.39. The van der Waals surface area contributed by atoms with Gasteiger partial charge in [-0.3, -0.25) is 9.67 Å². The highest BCUT2D eigenvalue weighted by Crippen LogP contribution is 2.23. The van der Waals surface area contributed by atoms with Crippen LogP contribution in [0, 0.1) is 13.8 Å². The zero-order valence-electron chi connectivity index (χ0n) is 14.2. The maximum absolute atomic E-state index is 12.1. The SMILES string of the molecule is Cc1nn(C)c(C)c1CCN=C(N)Nc1ccc(OC(F)(F)F)cc1. The smallest absolute Gasteiger partial charge is 0.406 e. The molecule has 0 aliphatic carbocycles. The lowest BCUT2D eigenvalue weighted by atomic mass is 10.1. The average Bonchev–Trinajstić information content (AvgIpc) is 2.74. The second-order valence-corrected chi connectivity index (χ2v) is 5.49. The Hall–Kier alpha value is -2.71. The van der Waals surface area contributed by atoms with Gasteiger partial charge in [-0.1, -0.05) is 0 Å². The van der Waals surface area contributed by atoms with Gasteiger partial charge in [0.05, 0.1) is 5.69 Å². The predicted octanol–water partition coefficient (Wildman–Crippen LogP) is 2.90. The summed E-state index contributed by atoms with van der Waals surface area (Å²) in [5.41, 5.74) is 9.49. The predicted molar refractivity (Wildman–Crippen MR) is 89.6 cm³/mol. The van der Waals surface area contributed by atoms with Crippen molar-refractivity contribution < 1.29 is 17.9 Å². The van der Waals surface area contributed by atoms with Crippen LogP contribution in [0.4, 0.5) is 18.9 Å². The minimum atomic E-state index is -4.71. The number of rotatable bonds is 5. The van der Waals surface area contributed by atoms with Crippen molar-refractivity contribution >= 4 is 11.6 Å². The van der Waals surface area contributed by atoms with E-state index in [2.05, 4.69) is 20.1 Å². The van der Waals surface area contributed by atoms with Gasteiger partial charge in [0.15, 0.2) is 5.96 Å². The average molecular weight is 355 g/mol. The van der Waals surface area contributed by atoms with Crippen LogP contribution < -0.4 is 15.8 Å². The third-order valence-corrected chi connectivity index (χ3v) is 3.66. The molecule has 1 heterocycles. The van der Waals surface area contributed by atoms with E-state index < -0.39 is 6.36 Å². The lowest BCUT2D eigenvalue weighted by molar-refractivity contribution is -0.274. The molecule has 0 bridgehead atoms. The van der Waals surface area contributed by atoms with Crippen molar-refractivity contribution in [2.45, 2.75) is 26.6 Å². The number of halogens is 3. The summed E-state index contributed by atoms with van der Waals surface area (Å²) < 4.78 is 41.9. The largest absolute Gasteiger partial charge is 0.573 e. The van der Waals surface area contributed by atoms with Gasteiger partial charge in [-0.25, -0.2) is 0 Å². The first kappa shape index (κ1) is 18.6. The molecule has 25 heavy (non-hydrogen) atoms. The van der Waals surface area contributed by atoms with Crippen LogP contribution in [0.3, 0.4) is 0 Å². The third kappa shape index (κ3) is 5.40. The van der Waals surface area contributed by atoms with E-state index in [0.29, 0.717) is 18.7 Å². The van der Waals surface area contributed by atoms with Crippen molar-refractivity contribution in [3.63, 3.8) is 0 Å². The summed E-state index contributed by atoms with van der Waals surface area (Å²) in [6.07, 6.45) is -4.01. The number of aromatic nitrogens is 2. The molecule has 0 amide bonds. The minimum absolute atomic E-state index is 0.184. The van der Waals surface area contributed by atoms with Gasteiger partial charge in [0.1, 0.15) is 5.75 Å². The summed E-state index contributed by atoms with van der Waals surface area (Å²) in [7, 11) is 1.89. The van der Waals surface area contributed by atoms with E-state index in [0.717, 1.165) is 17.0 Å². The number of guanidine groups is 1. The topological polar surface area (TPSA) is 77.5 Å². The normalized spacial score (nSPS) is 12.3. The standard InChI is InChI=1S/C16H20F3N5O/c1-10-14(11(2)24(3)23-10)8-9-21-15(20)22-12-4-6-13(7-5-12)25-16(17,18)19/h4-7H,8-9H2,1-3H3,(H3,20,21,22). The highest BCUT2D eigenvalue weighted by atomic mass is 19.4. The molecule has 0 unspecified atom stereocenters. The van der Waals surface area contributed by atoms with Gasteiger partial charge in [0, 0.05) is 25.0 Å². The Morgan fingerprint density at radius 2 is 1.92 bits per heavy atom. The van der Waals surface area contributed by atoms with E-state index >= 15 is 0 Å². The maximum Gasteiger partial charge on any atom is 0.573 e. The number of nitrogens with one attached hydrogen (secondary N) is 1. The number of nitrogens with two attached hydrogens (primary N) is 1. The molecule has 2 aromatic rings. The van der Waals surface area contributed by atoms with Crippen molar-refractivity contribution in [2.24, 2.45) is 17.8 Å². The van der Waals surface area contributed by atoms with E-state index in [1.807, 2.05) is 25.6 Å². The van der Waals surface area contributed by atoms with Gasteiger partial charge in [0.25, 0.3) is 0 Å².